The lowest BCUT2D eigenvalue weighted by Gasteiger charge is -2.16. The maximum absolute atomic E-state index is 12.9. The fourth-order valence-corrected chi connectivity index (χ4v) is 4.85. The summed E-state index contributed by atoms with van der Waals surface area (Å²) in [6.07, 6.45) is 2.20. The van der Waals surface area contributed by atoms with Crippen LogP contribution in [0.3, 0.4) is 0 Å². The van der Waals surface area contributed by atoms with Crippen LogP contribution in [0.1, 0.15) is 36.5 Å². The molecule has 0 aliphatic carbocycles. The Kier molecular flexibility index (Phi) is 8.21. The molecule has 7 heteroatoms. The van der Waals surface area contributed by atoms with E-state index >= 15 is 0 Å². The van der Waals surface area contributed by atoms with E-state index in [0.29, 0.717) is 24.3 Å². The van der Waals surface area contributed by atoms with Crippen LogP contribution in [0.2, 0.25) is 0 Å². The van der Waals surface area contributed by atoms with Gasteiger partial charge in [-0.25, -0.2) is 0 Å². The number of hydrogen-bond donors (Lipinski definition) is 2. The number of benzene rings is 3. The Balaban J connectivity index is 1.35. The lowest BCUT2D eigenvalue weighted by atomic mass is 10.1. The first-order valence-corrected chi connectivity index (χ1v) is 12.7. The van der Waals surface area contributed by atoms with E-state index in [2.05, 4.69) is 17.6 Å². The van der Waals surface area contributed by atoms with Crippen LogP contribution in [-0.2, 0) is 9.59 Å². The maximum atomic E-state index is 12.9. The Morgan fingerprint density at radius 1 is 0.943 bits per heavy atom. The van der Waals surface area contributed by atoms with E-state index in [1.54, 1.807) is 40.9 Å². The Labute approximate surface area is 210 Å². The van der Waals surface area contributed by atoms with Gasteiger partial charge in [-0.1, -0.05) is 55.4 Å². The van der Waals surface area contributed by atoms with Crippen molar-refractivity contribution in [2.75, 3.05) is 23.7 Å². The summed E-state index contributed by atoms with van der Waals surface area (Å²) in [5.74, 6) is -0.698. The van der Waals surface area contributed by atoms with Crippen molar-refractivity contribution in [1.82, 2.24) is 4.90 Å². The van der Waals surface area contributed by atoms with Crippen LogP contribution in [0.4, 0.5) is 11.4 Å². The van der Waals surface area contributed by atoms with Gasteiger partial charge < -0.3 is 15.5 Å². The van der Waals surface area contributed by atoms with Crippen molar-refractivity contribution in [1.29, 1.82) is 0 Å². The molecule has 0 spiro atoms. The summed E-state index contributed by atoms with van der Waals surface area (Å²) < 4.78 is 0. The highest BCUT2D eigenvalue weighted by Gasteiger charge is 2.33. The summed E-state index contributed by atoms with van der Waals surface area (Å²) in [6.45, 7) is 3.25. The third-order valence-electron chi connectivity index (χ3n) is 5.89. The fourth-order valence-electron chi connectivity index (χ4n) is 3.93. The third kappa shape index (κ3) is 6.51. The zero-order valence-electron chi connectivity index (χ0n) is 19.7. The smallest absolute Gasteiger partial charge is 0.255 e. The van der Waals surface area contributed by atoms with E-state index in [0.717, 1.165) is 28.3 Å². The summed E-state index contributed by atoms with van der Waals surface area (Å²) >= 11 is 1.59. The van der Waals surface area contributed by atoms with Crippen molar-refractivity contribution in [2.45, 2.75) is 36.0 Å². The molecule has 0 bridgehead atoms. The Hall–Kier alpha value is -3.58. The summed E-state index contributed by atoms with van der Waals surface area (Å²) in [5.41, 5.74) is 1.83. The number of rotatable bonds is 9. The molecule has 1 unspecified atom stereocenters. The van der Waals surface area contributed by atoms with Crippen LogP contribution in [0, 0.1) is 5.92 Å². The van der Waals surface area contributed by atoms with Gasteiger partial charge >= 0.3 is 0 Å². The highest BCUT2D eigenvalue weighted by atomic mass is 32.2. The van der Waals surface area contributed by atoms with Gasteiger partial charge in [-0.15, -0.1) is 0 Å². The molecule has 4 rings (SSSR count). The third-order valence-corrected chi connectivity index (χ3v) is 6.97. The number of nitrogens with one attached hydrogen (secondary N) is 2. The molecule has 3 aromatic rings. The van der Waals surface area contributed by atoms with Gasteiger partial charge in [0.1, 0.15) is 0 Å². The van der Waals surface area contributed by atoms with Gasteiger partial charge in [0.05, 0.1) is 11.6 Å². The van der Waals surface area contributed by atoms with Gasteiger partial charge in [0.2, 0.25) is 11.8 Å². The van der Waals surface area contributed by atoms with Crippen LogP contribution in [0.25, 0.3) is 0 Å². The molecule has 1 aliphatic rings. The highest BCUT2D eigenvalue weighted by Crippen LogP contribution is 2.33. The molecule has 1 heterocycles. The average molecular weight is 488 g/mol. The monoisotopic (exact) mass is 487 g/mol. The molecule has 1 aliphatic heterocycles. The van der Waals surface area contributed by atoms with Gasteiger partial charge in [-0.3, -0.25) is 14.4 Å². The molecular formula is C28H29N3O3S. The molecule has 35 heavy (non-hydrogen) atoms. The zero-order valence-corrected chi connectivity index (χ0v) is 20.5. The van der Waals surface area contributed by atoms with Crippen LogP contribution < -0.4 is 10.6 Å². The number of amides is 3. The maximum Gasteiger partial charge on any atom is 0.255 e. The summed E-state index contributed by atoms with van der Waals surface area (Å²) in [7, 11) is 0. The van der Waals surface area contributed by atoms with Crippen LogP contribution in [0.5, 0.6) is 0 Å². The fraction of sp³-hybridized carbons (Fsp3) is 0.250. The normalized spacial score (nSPS) is 15.2. The largest absolute Gasteiger partial charge is 0.342 e. The lowest BCUT2D eigenvalue weighted by Crippen LogP contribution is -2.29. The Bertz CT molecular complexity index is 1180. The number of unbranched alkanes of at least 4 members (excludes halogenated alkanes) is 1. The minimum Gasteiger partial charge on any atom is -0.342 e. The van der Waals surface area contributed by atoms with E-state index in [1.165, 1.54) is 0 Å². The lowest BCUT2D eigenvalue weighted by molar-refractivity contribution is -0.128. The number of hydrogen-bond acceptors (Lipinski definition) is 4. The van der Waals surface area contributed by atoms with Crippen LogP contribution in [0.15, 0.2) is 88.7 Å². The van der Waals surface area contributed by atoms with Crippen molar-refractivity contribution in [3.05, 3.63) is 84.4 Å². The van der Waals surface area contributed by atoms with Crippen molar-refractivity contribution < 1.29 is 14.4 Å². The van der Waals surface area contributed by atoms with Gasteiger partial charge in [0.25, 0.3) is 5.91 Å². The second kappa shape index (κ2) is 11.7. The van der Waals surface area contributed by atoms with Crippen LogP contribution in [-0.4, -0.2) is 35.7 Å². The topological polar surface area (TPSA) is 78.5 Å². The van der Waals surface area contributed by atoms with Gasteiger partial charge in [-0.05, 0) is 55.0 Å². The second-order valence-corrected chi connectivity index (χ2v) is 9.64. The van der Waals surface area contributed by atoms with E-state index < -0.39 is 0 Å². The molecule has 3 amide bonds. The number of carbonyl (C=O) groups is 3. The predicted octanol–water partition coefficient (Wildman–Crippen LogP) is 5.68. The molecule has 1 saturated heterocycles. The number of carbonyl (C=O) groups excluding carboxylic acids is 3. The first kappa shape index (κ1) is 24.5. The molecule has 1 fully saturated rings. The highest BCUT2D eigenvalue weighted by molar-refractivity contribution is 7.99. The van der Waals surface area contributed by atoms with E-state index in [-0.39, 0.29) is 30.1 Å². The Morgan fingerprint density at radius 2 is 1.66 bits per heavy atom. The molecule has 180 valence electrons. The number of para-hydroxylation sites is 1. The molecule has 0 saturated carbocycles. The molecule has 0 radical (unpaired) electrons. The number of anilines is 2. The minimum absolute atomic E-state index is 0.0383. The average Bonchev–Trinajstić information content (AvgIpc) is 3.25. The van der Waals surface area contributed by atoms with Crippen molar-refractivity contribution in [3.8, 4) is 0 Å². The van der Waals surface area contributed by atoms with Crippen molar-refractivity contribution >= 4 is 40.9 Å². The summed E-state index contributed by atoms with van der Waals surface area (Å²) in [5, 5.41) is 5.87. The quantitative estimate of drug-likeness (QED) is 0.407. The zero-order chi connectivity index (χ0) is 24.6. The Morgan fingerprint density at radius 3 is 2.40 bits per heavy atom. The standard InChI is InChI=1S/C28H29N3O3S/c1-2-3-17-31-19-21(18-26(31)32)28(34)29-22-15-13-20(14-16-22)27(33)30-24-11-7-8-12-25(24)35-23-9-5-4-6-10-23/h4-16,21H,2-3,17-19H2,1H3,(H,29,34)(H,30,33). The van der Waals surface area contributed by atoms with E-state index in [4.69, 9.17) is 0 Å². The van der Waals surface area contributed by atoms with E-state index in [9.17, 15) is 14.4 Å². The number of nitrogens with zero attached hydrogens (tertiary/aromatic N) is 1. The first-order chi connectivity index (χ1) is 17.0. The molecule has 0 aromatic heterocycles. The minimum atomic E-state index is -0.346. The van der Waals surface area contributed by atoms with Crippen LogP contribution >= 0.6 is 11.8 Å². The van der Waals surface area contributed by atoms with Gasteiger partial charge in [-0.2, -0.15) is 0 Å². The predicted molar refractivity (Wildman–Crippen MR) is 140 cm³/mol. The van der Waals surface area contributed by atoms with E-state index in [1.807, 2.05) is 54.6 Å². The number of likely N-dealkylation sites (tertiary alicyclic amines) is 1. The van der Waals surface area contributed by atoms with Gasteiger partial charge in [0.15, 0.2) is 0 Å². The van der Waals surface area contributed by atoms with Crippen molar-refractivity contribution in [3.63, 3.8) is 0 Å². The molecule has 1 atom stereocenters. The SMILES string of the molecule is CCCCN1CC(C(=O)Nc2ccc(C(=O)Nc3ccccc3Sc3ccccc3)cc2)CC1=O. The molecule has 6 nitrogen and oxygen atoms in total. The summed E-state index contributed by atoms with van der Waals surface area (Å²) in [4.78, 5) is 41.5. The summed E-state index contributed by atoms with van der Waals surface area (Å²) in [6, 6.07) is 24.5. The second-order valence-electron chi connectivity index (χ2n) is 8.53. The van der Waals surface area contributed by atoms with Gasteiger partial charge in [0, 0.05) is 40.6 Å². The molecule has 3 aromatic carbocycles. The van der Waals surface area contributed by atoms with Crippen molar-refractivity contribution in [2.24, 2.45) is 5.92 Å². The first-order valence-electron chi connectivity index (χ1n) is 11.9. The molecular weight excluding hydrogens is 458 g/mol. The molecule has 2 N–H and O–H groups in total.